The first-order valence-electron chi connectivity index (χ1n) is 15.3. The molecule has 0 aliphatic carbocycles. The molecule has 0 atom stereocenters. The van der Waals surface area contributed by atoms with Crippen molar-refractivity contribution in [3.63, 3.8) is 0 Å². The number of hydrogen-bond donors (Lipinski definition) is 0. The number of fused-ring (bicyclic) bond motifs is 6. The second kappa shape index (κ2) is 9.93. The number of hydrogen-bond acceptors (Lipinski definition) is 0. The summed E-state index contributed by atoms with van der Waals surface area (Å²) >= 11 is 0. The maximum atomic E-state index is 2.38. The zero-order valence-electron chi connectivity index (χ0n) is 24.2. The zero-order valence-corrected chi connectivity index (χ0v) is 24.2. The number of benzene rings is 9. The third kappa shape index (κ3) is 3.78. The molecule has 0 heterocycles. The van der Waals surface area contributed by atoms with Gasteiger partial charge in [0, 0.05) is 0 Å². The smallest absolute Gasteiger partial charge is 0.00201 e. The van der Waals surface area contributed by atoms with Crippen LogP contribution in [0.1, 0.15) is 0 Å². The van der Waals surface area contributed by atoms with E-state index < -0.39 is 0 Å². The van der Waals surface area contributed by atoms with Gasteiger partial charge >= 0.3 is 0 Å². The van der Waals surface area contributed by atoms with E-state index >= 15 is 0 Å². The molecule has 0 bridgehead atoms. The van der Waals surface area contributed by atoms with E-state index in [1.807, 2.05) is 0 Å². The van der Waals surface area contributed by atoms with Crippen molar-refractivity contribution >= 4 is 53.9 Å². The standard InChI is InChI=1S/C44H28/c1-4-18-34-29(12-1)14-10-25-38(34)44-41-21-7-5-19-39(41)43(40-20-6-8-22-42(40)44)32-16-9-15-31(28-32)35-23-11-24-36-33-17-3-2-13-30(33)26-27-37(35)36/h1-28H. The topological polar surface area (TPSA) is 0 Å². The molecule has 204 valence electrons. The first kappa shape index (κ1) is 24.8. The molecule has 0 saturated heterocycles. The molecule has 0 aliphatic rings. The Morgan fingerprint density at radius 1 is 0.227 bits per heavy atom. The molecule has 0 aliphatic heterocycles. The minimum Gasteiger partial charge on any atom is -0.0616 e. The Balaban J connectivity index is 1.33. The lowest BCUT2D eigenvalue weighted by Crippen LogP contribution is -1.92. The highest BCUT2D eigenvalue weighted by Gasteiger charge is 2.18. The highest BCUT2D eigenvalue weighted by molar-refractivity contribution is 6.23. The van der Waals surface area contributed by atoms with Gasteiger partial charge in [0.1, 0.15) is 0 Å². The van der Waals surface area contributed by atoms with E-state index in [2.05, 4.69) is 170 Å². The summed E-state index contributed by atoms with van der Waals surface area (Å²) in [7, 11) is 0. The van der Waals surface area contributed by atoms with Crippen molar-refractivity contribution in [2.45, 2.75) is 0 Å². The van der Waals surface area contributed by atoms with E-state index in [4.69, 9.17) is 0 Å². The monoisotopic (exact) mass is 556 g/mol. The van der Waals surface area contributed by atoms with E-state index in [-0.39, 0.29) is 0 Å². The number of rotatable bonds is 3. The van der Waals surface area contributed by atoms with Gasteiger partial charge in [0.2, 0.25) is 0 Å². The van der Waals surface area contributed by atoms with Crippen LogP contribution in [-0.2, 0) is 0 Å². The van der Waals surface area contributed by atoms with Gasteiger partial charge in [0.05, 0.1) is 0 Å². The molecule has 0 radical (unpaired) electrons. The van der Waals surface area contributed by atoms with E-state index in [1.165, 1.54) is 87.2 Å². The van der Waals surface area contributed by atoms with Gasteiger partial charge in [-0.25, -0.2) is 0 Å². The Hall–Kier alpha value is -5.72. The largest absolute Gasteiger partial charge is 0.0616 e. The zero-order chi connectivity index (χ0) is 29.0. The normalized spacial score (nSPS) is 11.6. The third-order valence-electron chi connectivity index (χ3n) is 9.24. The lowest BCUT2D eigenvalue weighted by atomic mass is 9.84. The maximum Gasteiger partial charge on any atom is -0.00201 e. The fourth-order valence-electron chi connectivity index (χ4n) is 7.31. The Kier molecular flexibility index (Phi) is 5.61. The van der Waals surface area contributed by atoms with Crippen molar-refractivity contribution < 1.29 is 0 Å². The molecular formula is C44H28. The van der Waals surface area contributed by atoms with E-state index in [1.54, 1.807) is 0 Å². The van der Waals surface area contributed by atoms with Gasteiger partial charge in [-0.2, -0.15) is 0 Å². The van der Waals surface area contributed by atoms with Crippen LogP contribution in [0, 0.1) is 0 Å². The summed E-state index contributed by atoms with van der Waals surface area (Å²) < 4.78 is 0. The van der Waals surface area contributed by atoms with E-state index in [0.717, 1.165) is 0 Å². The van der Waals surface area contributed by atoms with Crippen LogP contribution in [0.25, 0.3) is 87.2 Å². The maximum absolute atomic E-state index is 2.38. The van der Waals surface area contributed by atoms with Gasteiger partial charge in [-0.1, -0.05) is 164 Å². The van der Waals surface area contributed by atoms with Crippen LogP contribution in [-0.4, -0.2) is 0 Å². The lowest BCUT2D eigenvalue weighted by Gasteiger charge is -2.19. The van der Waals surface area contributed by atoms with Gasteiger partial charge in [-0.3, -0.25) is 0 Å². The van der Waals surface area contributed by atoms with Crippen LogP contribution in [0.4, 0.5) is 0 Å². The van der Waals surface area contributed by atoms with E-state index in [0.29, 0.717) is 0 Å². The summed E-state index contributed by atoms with van der Waals surface area (Å²) in [6.45, 7) is 0. The van der Waals surface area contributed by atoms with Crippen LogP contribution in [0.15, 0.2) is 170 Å². The van der Waals surface area contributed by atoms with Crippen molar-refractivity contribution in [2.24, 2.45) is 0 Å². The quantitative estimate of drug-likeness (QED) is 0.150. The highest BCUT2D eigenvalue weighted by atomic mass is 14.2. The highest BCUT2D eigenvalue weighted by Crippen LogP contribution is 2.46. The molecule has 0 saturated carbocycles. The third-order valence-corrected chi connectivity index (χ3v) is 9.24. The first-order valence-corrected chi connectivity index (χ1v) is 15.3. The fourth-order valence-corrected chi connectivity index (χ4v) is 7.31. The molecule has 44 heavy (non-hydrogen) atoms. The predicted molar refractivity (Wildman–Crippen MR) is 190 cm³/mol. The van der Waals surface area contributed by atoms with Crippen molar-refractivity contribution in [3.05, 3.63) is 170 Å². The molecule has 0 unspecified atom stereocenters. The molecule has 9 rings (SSSR count). The van der Waals surface area contributed by atoms with Crippen molar-refractivity contribution in [3.8, 4) is 33.4 Å². The first-order chi connectivity index (χ1) is 21.8. The van der Waals surface area contributed by atoms with Gasteiger partial charge in [0.15, 0.2) is 0 Å². The summed E-state index contributed by atoms with van der Waals surface area (Å²) in [6.07, 6.45) is 0. The lowest BCUT2D eigenvalue weighted by molar-refractivity contribution is 1.64. The molecule has 0 aromatic heterocycles. The molecule has 0 spiro atoms. The molecule has 0 heteroatoms. The summed E-state index contributed by atoms with van der Waals surface area (Å²) in [4.78, 5) is 0. The van der Waals surface area contributed by atoms with Crippen LogP contribution >= 0.6 is 0 Å². The van der Waals surface area contributed by atoms with Crippen molar-refractivity contribution in [2.75, 3.05) is 0 Å². The second-order valence-corrected chi connectivity index (χ2v) is 11.6. The second-order valence-electron chi connectivity index (χ2n) is 11.6. The average molecular weight is 557 g/mol. The van der Waals surface area contributed by atoms with E-state index in [9.17, 15) is 0 Å². The Morgan fingerprint density at radius 2 is 0.705 bits per heavy atom. The van der Waals surface area contributed by atoms with Gasteiger partial charge in [-0.05, 0) is 93.3 Å². The summed E-state index contributed by atoms with van der Waals surface area (Å²) in [5.41, 5.74) is 7.59. The van der Waals surface area contributed by atoms with Crippen LogP contribution < -0.4 is 0 Å². The van der Waals surface area contributed by atoms with Crippen molar-refractivity contribution in [1.29, 1.82) is 0 Å². The van der Waals surface area contributed by atoms with Gasteiger partial charge in [0.25, 0.3) is 0 Å². The molecule has 9 aromatic rings. The minimum absolute atomic E-state index is 1.23. The van der Waals surface area contributed by atoms with Crippen LogP contribution in [0.2, 0.25) is 0 Å². The molecule has 0 amide bonds. The SMILES string of the molecule is c1cc(-c2c3ccccc3c(-c3cccc4ccccc34)c3ccccc23)cc(-c2cccc3c2ccc2ccccc23)c1. The molecule has 0 fully saturated rings. The molecule has 0 N–H and O–H groups in total. The van der Waals surface area contributed by atoms with Crippen LogP contribution in [0.3, 0.4) is 0 Å². The fraction of sp³-hybridized carbons (Fsp3) is 0. The Morgan fingerprint density at radius 3 is 1.43 bits per heavy atom. The average Bonchev–Trinajstić information content (AvgIpc) is 3.10. The predicted octanol–water partition coefficient (Wildman–Crippen LogP) is 12.5. The molecule has 0 nitrogen and oxygen atoms in total. The summed E-state index contributed by atoms with van der Waals surface area (Å²) in [5.74, 6) is 0. The minimum atomic E-state index is 1.23. The van der Waals surface area contributed by atoms with Crippen molar-refractivity contribution in [1.82, 2.24) is 0 Å². The summed E-state index contributed by atoms with van der Waals surface area (Å²) in [5, 5.41) is 12.8. The Labute approximate surface area is 256 Å². The van der Waals surface area contributed by atoms with Gasteiger partial charge in [-0.15, -0.1) is 0 Å². The molecule has 9 aromatic carbocycles. The van der Waals surface area contributed by atoms with Gasteiger partial charge < -0.3 is 0 Å². The molecular weight excluding hydrogens is 528 g/mol. The Bertz CT molecular complexity index is 2490. The summed E-state index contributed by atoms with van der Waals surface area (Å²) in [6, 6.07) is 62.3. The van der Waals surface area contributed by atoms with Crippen LogP contribution in [0.5, 0.6) is 0 Å².